The fourth-order valence-corrected chi connectivity index (χ4v) is 2.75. The van der Waals surface area contributed by atoms with Crippen LogP contribution < -0.4 is 5.43 Å². The van der Waals surface area contributed by atoms with Crippen LogP contribution in [-0.2, 0) is 6.54 Å². The van der Waals surface area contributed by atoms with Gasteiger partial charge in [0.15, 0.2) is 0 Å². The molecule has 0 radical (unpaired) electrons. The summed E-state index contributed by atoms with van der Waals surface area (Å²) in [6, 6.07) is 7.64. The molecular weight excluding hydrogens is 246 g/mol. The molecular formula is C15H22F2N2. The van der Waals surface area contributed by atoms with Gasteiger partial charge in [-0.15, -0.1) is 0 Å². The van der Waals surface area contributed by atoms with Crippen molar-refractivity contribution in [2.75, 3.05) is 0 Å². The topological polar surface area (TPSA) is 15.3 Å². The fourth-order valence-electron chi connectivity index (χ4n) is 2.75. The Morgan fingerprint density at radius 1 is 1.26 bits per heavy atom. The Morgan fingerprint density at radius 2 is 1.95 bits per heavy atom. The minimum atomic E-state index is -2.40. The predicted molar refractivity (Wildman–Crippen MR) is 72.9 cm³/mol. The van der Waals surface area contributed by atoms with Crippen molar-refractivity contribution in [1.29, 1.82) is 0 Å². The molecule has 0 bridgehead atoms. The lowest BCUT2D eigenvalue weighted by Crippen LogP contribution is -2.51. The molecule has 2 nitrogen and oxygen atoms in total. The SMILES string of the molecule is CC1CCCC(C)N1NCc1cccc(C(F)F)c1. The summed E-state index contributed by atoms with van der Waals surface area (Å²) >= 11 is 0. The van der Waals surface area contributed by atoms with Crippen LogP contribution in [0.1, 0.15) is 50.7 Å². The van der Waals surface area contributed by atoms with Gasteiger partial charge in [0.25, 0.3) is 6.43 Å². The summed E-state index contributed by atoms with van der Waals surface area (Å²) in [5, 5.41) is 2.26. The highest BCUT2D eigenvalue weighted by atomic mass is 19.3. The molecule has 0 spiro atoms. The molecule has 2 rings (SSSR count). The zero-order valence-electron chi connectivity index (χ0n) is 11.6. The molecule has 106 valence electrons. The number of nitrogens with zero attached hydrogens (tertiary/aromatic N) is 1. The average Bonchev–Trinajstić information content (AvgIpc) is 2.38. The van der Waals surface area contributed by atoms with E-state index in [4.69, 9.17) is 0 Å². The highest BCUT2D eigenvalue weighted by Crippen LogP contribution is 2.22. The van der Waals surface area contributed by atoms with Crippen molar-refractivity contribution < 1.29 is 8.78 Å². The van der Waals surface area contributed by atoms with Crippen molar-refractivity contribution in [1.82, 2.24) is 10.4 Å². The molecule has 0 aliphatic carbocycles. The number of benzene rings is 1. The summed E-state index contributed by atoms with van der Waals surface area (Å²) in [5.41, 5.74) is 4.39. The van der Waals surface area contributed by atoms with Crippen molar-refractivity contribution in [3.63, 3.8) is 0 Å². The summed E-state index contributed by atoms with van der Waals surface area (Å²) in [6.45, 7) is 5.02. The summed E-state index contributed by atoms with van der Waals surface area (Å²) in [5.74, 6) is 0. The van der Waals surface area contributed by atoms with E-state index in [1.807, 2.05) is 6.07 Å². The van der Waals surface area contributed by atoms with Gasteiger partial charge >= 0.3 is 0 Å². The molecule has 2 atom stereocenters. The van der Waals surface area contributed by atoms with Gasteiger partial charge in [-0.05, 0) is 38.3 Å². The van der Waals surface area contributed by atoms with Crippen LogP contribution in [-0.4, -0.2) is 17.1 Å². The lowest BCUT2D eigenvalue weighted by Gasteiger charge is -2.39. The number of nitrogens with one attached hydrogen (secondary N) is 1. The Balaban J connectivity index is 1.96. The van der Waals surface area contributed by atoms with E-state index in [0.717, 1.165) is 5.56 Å². The van der Waals surface area contributed by atoms with Gasteiger partial charge < -0.3 is 0 Å². The van der Waals surface area contributed by atoms with Crippen LogP contribution in [0.15, 0.2) is 24.3 Å². The standard InChI is InChI=1S/C15H22F2N2/c1-11-5-3-6-12(2)19(11)18-10-13-7-4-8-14(9-13)15(16)17/h4,7-9,11-12,15,18H,3,5-6,10H2,1-2H3. The first-order valence-electron chi connectivity index (χ1n) is 6.96. The van der Waals surface area contributed by atoms with E-state index < -0.39 is 6.43 Å². The highest BCUT2D eigenvalue weighted by molar-refractivity contribution is 5.24. The number of rotatable bonds is 4. The van der Waals surface area contributed by atoms with Crippen LogP contribution in [0.5, 0.6) is 0 Å². The lowest BCUT2D eigenvalue weighted by molar-refractivity contribution is 0.0435. The van der Waals surface area contributed by atoms with Crippen LogP contribution in [0.25, 0.3) is 0 Å². The van der Waals surface area contributed by atoms with Gasteiger partial charge in [0.1, 0.15) is 0 Å². The number of hydrogen-bond acceptors (Lipinski definition) is 2. The molecule has 1 aromatic carbocycles. The molecule has 19 heavy (non-hydrogen) atoms. The Bertz CT molecular complexity index is 399. The van der Waals surface area contributed by atoms with Gasteiger partial charge in [0.2, 0.25) is 0 Å². The minimum Gasteiger partial charge on any atom is -0.250 e. The second kappa shape index (κ2) is 6.44. The number of hydrogen-bond donors (Lipinski definition) is 1. The zero-order chi connectivity index (χ0) is 13.8. The van der Waals surface area contributed by atoms with Gasteiger partial charge in [-0.3, -0.25) is 5.43 Å². The van der Waals surface area contributed by atoms with Crippen LogP contribution in [0.4, 0.5) is 8.78 Å². The van der Waals surface area contributed by atoms with Crippen LogP contribution in [0, 0.1) is 0 Å². The zero-order valence-corrected chi connectivity index (χ0v) is 11.6. The van der Waals surface area contributed by atoms with E-state index in [2.05, 4.69) is 24.3 Å². The molecule has 4 heteroatoms. The lowest BCUT2D eigenvalue weighted by atomic mass is 10.00. The molecule has 1 aromatic rings. The third-order valence-electron chi connectivity index (χ3n) is 3.86. The van der Waals surface area contributed by atoms with E-state index in [9.17, 15) is 8.78 Å². The maximum absolute atomic E-state index is 12.6. The summed E-state index contributed by atoms with van der Waals surface area (Å²) < 4.78 is 25.3. The highest BCUT2D eigenvalue weighted by Gasteiger charge is 2.24. The Hall–Kier alpha value is -1.00. The first-order chi connectivity index (χ1) is 9.08. The van der Waals surface area contributed by atoms with Crippen molar-refractivity contribution in [2.45, 2.75) is 58.2 Å². The summed E-state index contributed by atoms with van der Waals surface area (Å²) in [7, 11) is 0. The number of piperidine rings is 1. The summed E-state index contributed by atoms with van der Waals surface area (Å²) in [6.07, 6.45) is 1.25. The predicted octanol–water partition coefficient (Wildman–Crippen LogP) is 3.89. The first-order valence-corrected chi connectivity index (χ1v) is 6.96. The molecule has 1 aliphatic heterocycles. The van der Waals surface area contributed by atoms with Gasteiger partial charge in [-0.1, -0.05) is 24.6 Å². The van der Waals surface area contributed by atoms with E-state index in [1.54, 1.807) is 12.1 Å². The van der Waals surface area contributed by atoms with Gasteiger partial charge in [0.05, 0.1) is 0 Å². The van der Waals surface area contributed by atoms with Crippen LogP contribution >= 0.6 is 0 Å². The Kier molecular flexibility index (Phi) is 4.88. The molecule has 0 aromatic heterocycles. The van der Waals surface area contributed by atoms with E-state index in [-0.39, 0.29) is 5.56 Å². The second-order valence-corrected chi connectivity index (χ2v) is 5.42. The summed E-state index contributed by atoms with van der Waals surface area (Å²) in [4.78, 5) is 0. The molecule has 1 fully saturated rings. The third-order valence-corrected chi connectivity index (χ3v) is 3.86. The third kappa shape index (κ3) is 3.74. The molecule has 1 saturated heterocycles. The maximum Gasteiger partial charge on any atom is 0.263 e. The Labute approximate surface area is 113 Å². The minimum absolute atomic E-state index is 0.0963. The number of halogens is 2. The molecule has 2 unspecified atom stereocenters. The molecule has 0 amide bonds. The molecule has 1 heterocycles. The smallest absolute Gasteiger partial charge is 0.250 e. The average molecular weight is 268 g/mol. The normalized spacial score (nSPS) is 24.9. The fraction of sp³-hybridized carbons (Fsp3) is 0.600. The first kappa shape index (κ1) is 14.4. The second-order valence-electron chi connectivity index (χ2n) is 5.42. The number of alkyl halides is 2. The van der Waals surface area contributed by atoms with E-state index >= 15 is 0 Å². The molecule has 0 saturated carbocycles. The number of hydrazine groups is 1. The van der Waals surface area contributed by atoms with Gasteiger partial charge in [-0.2, -0.15) is 0 Å². The van der Waals surface area contributed by atoms with Crippen LogP contribution in [0.3, 0.4) is 0 Å². The maximum atomic E-state index is 12.6. The molecule has 1 aliphatic rings. The van der Waals surface area contributed by atoms with Gasteiger partial charge in [-0.25, -0.2) is 13.8 Å². The van der Waals surface area contributed by atoms with Crippen molar-refractivity contribution in [3.8, 4) is 0 Å². The van der Waals surface area contributed by atoms with Crippen LogP contribution in [0.2, 0.25) is 0 Å². The quantitative estimate of drug-likeness (QED) is 0.891. The Morgan fingerprint density at radius 3 is 2.58 bits per heavy atom. The monoisotopic (exact) mass is 268 g/mol. The van der Waals surface area contributed by atoms with Crippen molar-refractivity contribution in [3.05, 3.63) is 35.4 Å². The van der Waals surface area contributed by atoms with E-state index in [1.165, 1.54) is 25.3 Å². The largest absolute Gasteiger partial charge is 0.263 e. The van der Waals surface area contributed by atoms with E-state index in [0.29, 0.717) is 18.6 Å². The van der Waals surface area contributed by atoms with Crippen molar-refractivity contribution in [2.24, 2.45) is 0 Å². The molecule has 1 N–H and O–H groups in total. The van der Waals surface area contributed by atoms with Crippen molar-refractivity contribution >= 4 is 0 Å². The van der Waals surface area contributed by atoms with Gasteiger partial charge in [0, 0.05) is 24.2 Å².